The minimum atomic E-state index is -0.415. The number of amides is 1. The van der Waals surface area contributed by atoms with Gasteiger partial charge in [0.2, 0.25) is 0 Å². The molecule has 1 amide bonds. The largest absolute Gasteiger partial charge is 0.452 e. The third-order valence-electron chi connectivity index (χ3n) is 1.98. The van der Waals surface area contributed by atoms with Crippen molar-refractivity contribution >= 4 is 11.8 Å². The van der Waals surface area contributed by atoms with Crippen molar-refractivity contribution in [1.29, 1.82) is 0 Å². The predicted molar refractivity (Wildman–Crippen MR) is 54.9 cm³/mol. The first kappa shape index (κ1) is 11.5. The van der Waals surface area contributed by atoms with Crippen molar-refractivity contribution in [1.82, 2.24) is 9.78 Å². The van der Waals surface area contributed by atoms with Crippen LogP contribution in [0.3, 0.4) is 0 Å². The molecular formula is C9H15N3O3. The molecule has 0 spiro atoms. The van der Waals surface area contributed by atoms with E-state index in [1.807, 2.05) is 0 Å². The number of aromatic nitrogens is 2. The van der Waals surface area contributed by atoms with E-state index in [1.54, 1.807) is 31.2 Å². The summed E-state index contributed by atoms with van der Waals surface area (Å²) in [6.07, 6.45) is 2.95. The molecule has 84 valence electrons. The van der Waals surface area contributed by atoms with E-state index >= 15 is 0 Å². The summed E-state index contributed by atoms with van der Waals surface area (Å²) in [6, 6.07) is 0. The molecule has 1 aromatic rings. The second-order valence-electron chi connectivity index (χ2n) is 2.98. The lowest BCUT2D eigenvalue weighted by atomic mass is 10.5. The zero-order chi connectivity index (χ0) is 11.3. The van der Waals surface area contributed by atoms with Gasteiger partial charge < -0.3 is 9.47 Å². The van der Waals surface area contributed by atoms with Crippen molar-refractivity contribution in [2.75, 3.05) is 32.8 Å². The zero-order valence-electron chi connectivity index (χ0n) is 9.14. The summed E-state index contributed by atoms with van der Waals surface area (Å²) >= 11 is 0. The molecule has 1 heterocycles. The summed E-state index contributed by atoms with van der Waals surface area (Å²) in [6.45, 7) is 1.24. The second kappa shape index (κ2) is 5.35. The highest BCUT2D eigenvalue weighted by Gasteiger charge is 2.12. The fourth-order valence-electron chi connectivity index (χ4n) is 1.08. The van der Waals surface area contributed by atoms with E-state index in [9.17, 15) is 4.79 Å². The molecule has 15 heavy (non-hydrogen) atoms. The number of nitrogens with zero attached hydrogens (tertiary/aromatic N) is 3. The van der Waals surface area contributed by atoms with Crippen LogP contribution in [0.25, 0.3) is 0 Å². The molecule has 6 heteroatoms. The molecule has 0 saturated carbocycles. The molecule has 0 N–H and O–H groups in total. The van der Waals surface area contributed by atoms with Gasteiger partial charge in [0.25, 0.3) is 0 Å². The van der Waals surface area contributed by atoms with Gasteiger partial charge in [-0.3, -0.25) is 9.58 Å². The first-order valence-electron chi connectivity index (χ1n) is 4.52. The van der Waals surface area contributed by atoms with Crippen LogP contribution in [0.15, 0.2) is 12.4 Å². The highest BCUT2D eigenvalue weighted by molar-refractivity contribution is 5.86. The maximum atomic E-state index is 11.2. The number of hydrogen-bond acceptors (Lipinski definition) is 4. The summed E-state index contributed by atoms with van der Waals surface area (Å²) in [5, 5.41) is 4.08. The smallest absolute Gasteiger partial charge is 0.413 e. The predicted octanol–water partition coefficient (Wildman–Crippen LogP) is 0.732. The van der Waals surface area contributed by atoms with Crippen LogP contribution in [-0.4, -0.2) is 43.7 Å². The lowest BCUT2D eigenvalue weighted by Crippen LogP contribution is -2.25. The maximum absolute atomic E-state index is 11.2. The molecule has 0 unspecified atom stereocenters. The molecule has 1 rings (SSSR count). The van der Waals surface area contributed by atoms with Crippen LogP contribution in [0.5, 0.6) is 0 Å². The van der Waals surface area contributed by atoms with Crippen molar-refractivity contribution in [3.8, 4) is 0 Å². The number of anilines is 1. The number of carbonyl (C=O) groups excluding carboxylic acids is 1. The van der Waals surface area contributed by atoms with Crippen LogP contribution in [0, 0.1) is 0 Å². The fraction of sp³-hybridized carbons (Fsp3) is 0.556. The number of hydrogen-bond donors (Lipinski definition) is 0. The Morgan fingerprint density at radius 3 is 2.93 bits per heavy atom. The van der Waals surface area contributed by atoms with E-state index in [0.29, 0.717) is 18.8 Å². The van der Waals surface area contributed by atoms with Gasteiger partial charge in [0, 0.05) is 20.4 Å². The first-order valence-corrected chi connectivity index (χ1v) is 4.52. The molecule has 0 fully saturated rings. The first-order chi connectivity index (χ1) is 7.19. The maximum Gasteiger partial charge on any atom is 0.413 e. The van der Waals surface area contributed by atoms with Gasteiger partial charge in [-0.25, -0.2) is 4.79 Å². The van der Waals surface area contributed by atoms with E-state index < -0.39 is 6.09 Å². The summed E-state index contributed by atoms with van der Waals surface area (Å²) in [7, 11) is 4.60. The van der Waals surface area contributed by atoms with Crippen LogP contribution in [0.4, 0.5) is 10.5 Å². The summed E-state index contributed by atoms with van der Waals surface area (Å²) in [5.74, 6) is 0. The lowest BCUT2D eigenvalue weighted by molar-refractivity contribution is 0.180. The Labute approximate surface area is 88.4 Å². The van der Waals surface area contributed by atoms with Crippen LogP contribution in [0.1, 0.15) is 0 Å². The van der Waals surface area contributed by atoms with Gasteiger partial charge in [-0.1, -0.05) is 0 Å². The Bertz CT molecular complexity index is 324. The Kier molecular flexibility index (Phi) is 4.11. The standard InChI is InChI=1S/C9H15N3O3/c1-11(9(13)15-3)8-6-10-12(7-8)4-5-14-2/h6-7H,4-5H2,1-3H3. The molecule has 0 aromatic carbocycles. The Morgan fingerprint density at radius 1 is 1.60 bits per heavy atom. The van der Waals surface area contributed by atoms with Crippen LogP contribution in [-0.2, 0) is 16.0 Å². The fourth-order valence-corrected chi connectivity index (χ4v) is 1.08. The Balaban J connectivity index is 2.62. The van der Waals surface area contributed by atoms with E-state index in [2.05, 4.69) is 9.84 Å². The molecular weight excluding hydrogens is 198 g/mol. The summed E-state index contributed by atoms with van der Waals surface area (Å²) in [5.41, 5.74) is 0.693. The van der Waals surface area contributed by atoms with Crippen molar-refractivity contribution in [3.05, 3.63) is 12.4 Å². The van der Waals surface area contributed by atoms with Crippen molar-refractivity contribution in [2.24, 2.45) is 0 Å². The molecule has 1 aromatic heterocycles. The van der Waals surface area contributed by atoms with Gasteiger partial charge >= 0.3 is 6.09 Å². The van der Waals surface area contributed by atoms with E-state index in [-0.39, 0.29) is 0 Å². The minimum absolute atomic E-state index is 0.415. The number of carbonyl (C=O) groups is 1. The zero-order valence-corrected chi connectivity index (χ0v) is 9.14. The van der Waals surface area contributed by atoms with Crippen LogP contribution >= 0.6 is 0 Å². The molecule has 0 atom stereocenters. The molecule has 0 aliphatic heterocycles. The summed E-state index contributed by atoms with van der Waals surface area (Å²) in [4.78, 5) is 12.6. The number of ether oxygens (including phenoxy) is 2. The minimum Gasteiger partial charge on any atom is -0.452 e. The SMILES string of the molecule is COCCn1cc(N(C)C(=O)OC)cn1. The molecule has 0 saturated heterocycles. The topological polar surface area (TPSA) is 56.6 Å². The van der Waals surface area contributed by atoms with Crippen LogP contribution < -0.4 is 4.90 Å². The van der Waals surface area contributed by atoms with Gasteiger partial charge in [-0.2, -0.15) is 5.10 Å². The number of methoxy groups -OCH3 is 2. The Morgan fingerprint density at radius 2 is 2.33 bits per heavy atom. The van der Waals surface area contributed by atoms with Crippen molar-refractivity contribution in [2.45, 2.75) is 6.54 Å². The van der Waals surface area contributed by atoms with Gasteiger partial charge in [-0.05, 0) is 0 Å². The third kappa shape index (κ3) is 2.95. The quantitative estimate of drug-likeness (QED) is 0.740. The molecule has 0 aliphatic rings. The average Bonchev–Trinajstić information content (AvgIpc) is 2.72. The van der Waals surface area contributed by atoms with Gasteiger partial charge in [0.1, 0.15) is 0 Å². The molecule has 0 aliphatic carbocycles. The average molecular weight is 213 g/mol. The molecule has 6 nitrogen and oxygen atoms in total. The van der Waals surface area contributed by atoms with Crippen molar-refractivity contribution in [3.63, 3.8) is 0 Å². The summed E-state index contributed by atoms with van der Waals surface area (Å²) < 4.78 is 11.2. The molecule has 0 radical (unpaired) electrons. The Hall–Kier alpha value is -1.56. The number of rotatable bonds is 4. The van der Waals surface area contributed by atoms with E-state index in [0.717, 1.165) is 0 Å². The van der Waals surface area contributed by atoms with Gasteiger partial charge in [0.05, 0.1) is 32.1 Å². The third-order valence-corrected chi connectivity index (χ3v) is 1.98. The van der Waals surface area contributed by atoms with E-state index in [4.69, 9.17) is 4.74 Å². The monoisotopic (exact) mass is 213 g/mol. The van der Waals surface area contributed by atoms with E-state index in [1.165, 1.54) is 12.0 Å². The normalized spacial score (nSPS) is 10.1. The highest BCUT2D eigenvalue weighted by atomic mass is 16.5. The van der Waals surface area contributed by atoms with Crippen LogP contribution in [0.2, 0.25) is 0 Å². The van der Waals surface area contributed by atoms with Gasteiger partial charge in [-0.15, -0.1) is 0 Å². The molecule has 0 bridgehead atoms. The second-order valence-corrected chi connectivity index (χ2v) is 2.98. The highest BCUT2D eigenvalue weighted by Crippen LogP contribution is 2.11. The van der Waals surface area contributed by atoms with Gasteiger partial charge in [0.15, 0.2) is 0 Å². The van der Waals surface area contributed by atoms with Crippen molar-refractivity contribution < 1.29 is 14.3 Å². The lowest BCUT2D eigenvalue weighted by Gasteiger charge is -2.12.